The SMILES string of the molecule is CCOC(=O)N[C@@](Nc1cccc(C)c1)(C(=O)OCC)C(F)(F)F. The summed E-state index contributed by atoms with van der Waals surface area (Å²) in [5.41, 5.74) is -2.82. The van der Waals surface area contributed by atoms with Crippen LogP contribution < -0.4 is 10.6 Å². The first-order valence-corrected chi connectivity index (χ1v) is 7.20. The van der Waals surface area contributed by atoms with Crippen LogP contribution >= 0.6 is 0 Å². The number of hydrogen-bond donors (Lipinski definition) is 2. The predicted octanol–water partition coefficient (Wildman–Crippen LogP) is 2.97. The van der Waals surface area contributed by atoms with E-state index in [1.165, 1.54) is 32.0 Å². The average Bonchev–Trinajstić information content (AvgIpc) is 2.45. The minimum absolute atomic E-state index is 0.0165. The van der Waals surface area contributed by atoms with Crippen molar-refractivity contribution in [2.24, 2.45) is 0 Å². The fraction of sp³-hybridized carbons (Fsp3) is 0.467. The molecular weight excluding hydrogens is 329 g/mol. The third-order valence-electron chi connectivity index (χ3n) is 2.92. The number of alkyl halides is 3. The van der Waals surface area contributed by atoms with Crippen molar-refractivity contribution in [2.45, 2.75) is 32.6 Å². The molecule has 24 heavy (non-hydrogen) atoms. The molecule has 0 aliphatic heterocycles. The van der Waals surface area contributed by atoms with E-state index in [0.29, 0.717) is 5.56 Å². The minimum Gasteiger partial charge on any atom is -0.463 e. The predicted molar refractivity (Wildman–Crippen MR) is 80.4 cm³/mol. The van der Waals surface area contributed by atoms with E-state index < -0.39 is 23.9 Å². The number of halogens is 3. The molecule has 0 aliphatic carbocycles. The molecule has 0 radical (unpaired) electrons. The molecule has 0 fully saturated rings. The number of ether oxygens (including phenoxy) is 2. The van der Waals surface area contributed by atoms with Gasteiger partial charge in [-0.3, -0.25) is 5.32 Å². The summed E-state index contributed by atoms with van der Waals surface area (Å²) in [5.74, 6) is -1.69. The summed E-state index contributed by atoms with van der Waals surface area (Å²) in [4.78, 5) is 23.7. The summed E-state index contributed by atoms with van der Waals surface area (Å²) in [6.07, 6.45) is -6.58. The zero-order valence-corrected chi connectivity index (χ0v) is 13.5. The third kappa shape index (κ3) is 4.53. The summed E-state index contributed by atoms with van der Waals surface area (Å²) in [6.45, 7) is 4.00. The molecule has 1 atom stereocenters. The Hall–Kier alpha value is -2.45. The Morgan fingerprint density at radius 3 is 2.25 bits per heavy atom. The lowest BCUT2D eigenvalue weighted by atomic mass is 10.1. The van der Waals surface area contributed by atoms with Gasteiger partial charge in [0.2, 0.25) is 0 Å². The van der Waals surface area contributed by atoms with Crippen LogP contribution in [0.1, 0.15) is 19.4 Å². The molecule has 9 heteroatoms. The van der Waals surface area contributed by atoms with E-state index in [-0.39, 0.29) is 18.9 Å². The van der Waals surface area contributed by atoms with Crippen LogP contribution in [0.2, 0.25) is 0 Å². The molecule has 0 saturated heterocycles. The van der Waals surface area contributed by atoms with Crippen molar-refractivity contribution in [1.29, 1.82) is 0 Å². The second-order valence-corrected chi connectivity index (χ2v) is 4.81. The molecule has 1 amide bonds. The van der Waals surface area contributed by atoms with E-state index in [2.05, 4.69) is 9.47 Å². The maximum absolute atomic E-state index is 13.7. The largest absolute Gasteiger partial charge is 0.463 e. The number of nitrogens with one attached hydrogen (secondary N) is 2. The Morgan fingerprint density at radius 1 is 1.12 bits per heavy atom. The number of benzene rings is 1. The van der Waals surface area contributed by atoms with Crippen LogP contribution in [-0.4, -0.2) is 37.1 Å². The number of aryl methyl sites for hydroxylation is 1. The molecule has 0 aliphatic rings. The molecule has 2 N–H and O–H groups in total. The number of esters is 1. The molecule has 1 aromatic carbocycles. The smallest absolute Gasteiger partial charge is 0.442 e. The second kappa shape index (κ2) is 7.89. The molecule has 1 aromatic rings. The zero-order chi connectivity index (χ0) is 18.4. The fourth-order valence-electron chi connectivity index (χ4n) is 1.89. The third-order valence-corrected chi connectivity index (χ3v) is 2.92. The van der Waals surface area contributed by atoms with Gasteiger partial charge in [-0.05, 0) is 38.5 Å². The number of rotatable bonds is 6. The monoisotopic (exact) mass is 348 g/mol. The van der Waals surface area contributed by atoms with Gasteiger partial charge in [0.15, 0.2) is 0 Å². The molecule has 0 spiro atoms. The van der Waals surface area contributed by atoms with Crippen molar-refractivity contribution in [2.75, 3.05) is 18.5 Å². The maximum atomic E-state index is 13.7. The highest BCUT2D eigenvalue weighted by molar-refractivity contribution is 5.89. The van der Waals surface area contributed by atoms with E-state index >= 15 is 0 Å². The van der Waals surface area contributed by atoms with Crippen molar-refractivity contribution in [3.05, 3.63) is 29.8 Å². The Kier molecular flexibility index (Phi) is 6.44. The number of carbonyl (C=O) groups excluding carboxylic acids is 2. The van der Waals surface area contributed by atoms with Gasteiger partial charge in [-0.15, -0.1) is 0 Å². The van der Waals surface area contributed by atoms with Crippen molar-refractivity contribution in [3.63, 3.8) is 0 Å². The summed E-state index contributed by atoms with van der Waals surface area (Å²) in [5, 5.41) is 3.59. The Bertz CT molecular complexity index is 592. The highest BCUT2D eigenvalue weighted by Crippen LogP contribution is 2.33. The van der Waals surface area contributed by atoms with E-state index in [4.69, 9.17) is 0 Å². The molecule has 1 rings (SSSR count). The van der Waals surface area contributed by atoms with Gasteiger partial charge in [-0.1, -0.05) is 12.1 Å². The van der Waals surface area contributed by atoms with Gasteiger partial charge in [0.1, 0.15) is 0 Å². The molecule has 6 nitrogen and oxygen atoms in total. The van der Waals surface area contributed by atoms with Gasteiger partial charge in [0.25, 0.3) is 0 Å². The fourth-order valence-corrected chi connectivity index (χ4v) is 1.89. The molecule has 0 saturated carbocycles. The Labute approximate surface area is 137 Å². The van der Waals surface area contributed by atoms with E-state index in [1.807, 2.05) is 5.32 Å². The van der Waals surface area contributed by atoms with Crippen molar-refractivity contribution in [1.82, 2.24) is 5.32 Å². The van der Waals surface area contributed by atoms with E-state index in [9.17, 15) is 22.8 Å². The Balaban J connectivity index is 3.33. The minimum atomic E-state index is -5.18. The molecule has 0 unspecified atom stereocenters. The van der Waals surface area contributed by atoms with Crippen LogP contribution in [0, 0.1) is 6.92 Å². The van der Waals surface area contributed by atoms with Gasteiger partial charge < -0.3 is 14.8 Å². The van der Waals surface area contributed by atoms with Crippen LogP contribution in [0.25, 0.3) is 0 Å². The van der Waals surface area contributed by atoms with Crippen LogP contribution in [0.5, 0.6) is 0 Å². The molecule has 134 valence electrons. The number of carbonyl (C=O) groups is 2. The normalized spacial score (nSPS) is 13.6. The van der Waals surface area contributed by atoms with Gasteiger partial charge >= 0.3 is 23.9 Å². The van der Waals surface area contributed by atoms with Crippen LogP contribution in [0.4, 0.5) is 23.7 Å². The zero-order valence-electron chi connectivity index (χ0n) is 13.5. The van der Waals surface area contributed by atoms with Crippen molar-refractivity contribution >= 4 is 17.7 Å². The lowest BCUT2D eigenvalue weighted by Crippen LogP contribution is -2.69. The van der Waals surface area contributed by atoms with Crippen molar-refractivity contribution < 1.29 is 32.2 Å². The topological polar surface area (TPSA) is 76.7 Å². The second-order valence-electron chi connectivity index (χ2n) is 4.81. The van der Waals surface area contributed by atoms with Gasteiger partial charge in [0.05, 0.1) is 13.2 Å². The first kappa shape index (κ1) is 19.6. The summed E-state index contributed by atoms with van der Waals surface area (Å²) in [7, 11) is 0. The maximum Gasteiger partial charge on any atom is 0.442 e. The summed E-state index contributed by atoms with van der Waals surface area (Å²) < 4.78 is 50.1. The average molecular weight is 348 g/mol. The first-order chi connectivity index (χ1) is 11.2. The number of anilines is 1. The van der Waals surface area contributed by atoms with Crippen LogP contribution in [0.15, 0.2) is 24.3 Å². The van der Waals surface area contributed by atoms with Gasteiger partial charge in [0, 0.05) is 5.69 Å². The van der Waals surface area contributed by atoms with Crippen LogP contribution in [-0.2, 0) is 14.3 Å². The quantitative estimate of drug-likeness (QED) is 0.611. The Morgan fingerprint density at radius 2 is 1.75 bits per heavy atom. The molecular formula is C15H19F3N2O4. The van der Waals surface area contributed by atoms with E-state index in [0.717, 1.165) is 0 Å². The highest BCUT2D eigenvalue weighted by Gasteiger charge is 2.64. The summed E-state index contributed by atoms with van der Waals surface area (Å²) in [6, 6.07) is 5.91. The highest BCUT2D eigenvalue weighted by atomic mass is 19.4. The van der Waals surface area contributed by atoms with Crippen molar-refractivity contribution in [3.8, 4) is 0 Å². The summed E-state index contributed by atoms with van der Waals surface area (Å²) >= 11 is 0. The molecule has 0 bridgehead atoms. The molecule has 0 heterocycles. The van der Waals surface area contributed by atoms with Gasteiger partial charge in [-0.25, -0.2) is 9.59 Å². The number of hydrogen-bond acceptors (Lipinski definition) is 5. The van der Waals surface area contributed by atoms with Crippen LogP contribution in [0.3, 0.4) is 0 Å². The lowest BCUT2D eigenvalue weighted by Gasteiger charge is -2.34. The number of alkyl carbamates (subject to hydrolysis) is 1. The standard InChI is InChI=1S/C15H19F3N2O4/c1-4-23-12(21)14(15(16,17)18,20-13(22)24-5-2)19-11-8-6-7-10(3)9-11/h6-9,19H,4-5H2,1-3H3,(H,20,22)/t14-/m0/s1. The first-order valence-electron chi connectivity index (χ1n) is 7.20. The number of amides is 1. The van der Waals surface area contributed by atoms with Gasteiger partial charge in [-0.2, -0.15) is 13.2 Å². The molecule has 0 aromatic heterocycles. The lowest BCUT2D eigenvalue weighted by molar-refractivity contribution is -0.205. The van der Waals surface area contributed by atoms with E-state index in [1.54, 1.807) is 18.3 Å².